The van der Waals surface area contributed by atoms with Crippen molar-refractivity contribution in [1.29, 1.82) is 0 Å². The molecule has 4 aromatic rings. The van der Waals surface area contributed by atoms with E-state index < -0.39 is 21.4 Å². The zero-order valence-electron chi connectivity index (χ0n) is 17.7. The van der Waals surface area contributed by atoms with Crippen molar-refractivity contribution in [3.05, 3.63) is 57.8 Å². The number of carboxylic acid groups (broad SMARTS) is 1. The Bertz CT molecular complexity index is 1570. The number of rotatable bonds is 5. The van der Waals surface area contributed by atoms with Crippen LogP contribution >= 0.6 is 11.6 Å². The molecule has 0 spiro atoms. The molecule has 0 unspecified atom stereocenters. The van der Waals surface area contributed by atoms with Gasteiger partial charge in [0.1, 0.15) is 0 Å². The number of hydrogen-bond acceptors (Lipinski definition) is 8. The van der Waals surface area contributed by atoms with E-state index in [0.717, 1.165) is 5.69 Å². The van der Waals surface area contributed by atoms with Gasteiger partial charge < -0.3 is 10.0 Å². The van der Waals surface area contributed by atoms with Gasteiger partial charge in [-0.3, -0.25) is 14.5 Å². The largest absolute Gasteiger partial charge is 0.480 e. The Hall–Kier alpha value is -3.48. The lowest BCUT2D eigenvalue weighted by atomic mass is 10.2. The molecule has 1 saturated heterocycles. The van der Waals surface area contributed by atoms with Crippen LogP contribution in [0.15, 0.2) is 57.2 Å². The van der Waals surface area contributed by atoms with E-state index in [1.165, 1.54) is 28.8 Å². The zero-order chi connectivity index (χ0) is 24.0. The third-order valence-corrected chi connectivity index (χ3v) is 7.72. The number of aromatic amines is 1. The van der Waals surface area contributed by atoms with Gasteiger partial charge in [0.05, 0.1) is 22.3 Å². The van der Waals surface area contributed by atoms with E-state index in [-0.39, 0.29) is 22.1 Å². The van der Waals surface area contributed by atoms with E-state index in [1.54, 1.807) is 18.2 Å². The molecule has 0 aliphatic carbocycles. The Morgan fingerprint density at radius 3 is 2.47 bits per heavy atom. The number of nitrogens with one attached hydrogen (secondary N) is 1. The molecule has 2 N–H and O–H groups in total. The molecule has 34 heavy (non-hydrogen) atoms. The number of halogens is 1. The molecule has 3 heterocycles. The minimum Gasteiger partial charge on any atom is -0.480 e. The molecule has 1 aliphatic heterocycles. The second kappa shape index (κ2) is 8.38. The first-order valence-corrected chi connectivity index (χ1v) is 12.2. The number of anilines is 1. The number of hydrogen-bond donors (Lipinski definition) is 2. The highest BCUT2D eigenvalue weighted by molar-refractivity contribution is 7.91. The molecule has 0 saturated carbocycles. The molecule has 2 aromatic heterocycles. The fraction of sp³-hybridized carbons (Fsp3) is 0.238. The first-order chi connectivity index (χ1) is 16.2. The van der Waals surface area contributed by atoms with Crippen LogP contribution in [0.5, 0.6) is 0 Å². The summed E-state index contributed by atoms with van der Waals surface area (Å²) >= 11 is 5.87. The lowest BCUT2D eigenvalue weighted by Crippen LogP contribution is -2.48. The number of carbonyl (C=O) groups is 1. The van der Waals surface area contributed by atoms with Crippen molar-refractivity contribution in [2.75, 3.05) is 37.6 Å². The highest BCUT2D eigenvalue weighted by atomic mass is 35.5. The van der Waals surface area contributed by atoms with Gasteiger partial charge in [-0.05, 0) is 42.5 Å². The molecule has 11 nitrogen and oxygen atoms in total. The van der Waals surface area contributed by atoms with Gasteiger partial charge in [0.25, 0.3) is 5.56 Å². The summed E-state index contributed by atoms with van der Waals surface area (Å²) in [5.41, 5.74) is 0.585. The Kier molecular flexibility index (Phi) is 5.50. The third kappa shape index (κ3) is 3.89. The topological polar surface area (TPSA) is 141 Å². The average molecular weight is 503 g/mol. The van der Waals surface area contributed by atoms with Gasteiger partial charge in [0, 0.05) is 36.9 Å². The molecule has 0 amide bonds. The number of piperazine rings is 1. The van der Waals surface area contributed by atoms with E-state index in [9.17, 15) is 18.0 Å². The third-order valence-electron chi connectivity index (χ3n) is 5.79. The molecule has 176 valence electrons. The standard InChI is InChI=1S/C21H19ClN6O5S/c22-13-1-4-15(5-2-13)34(32,33)21-19-23-20(31)16-6-3-14(11-17(16)28(19)25-24-21)27-9-7-26(8-10-27)12-18(29)30/h1-6,11,25H,7-10,12H2,(H,29,30). The van der Waals surface area contributed by atoms with E-state index >= 15 is 0 Å². The Labute approximate surface area is 198 Å². The predicted octanol–water partition coefficient (Wildman–Crippen LogP) is 1.26. The van der Waals surface area contributed by atoms with Gasteiger partial charge in [-0.2, -0.15) is 4.98 Å². The number of aromatic nitrogens is 4. The van der Waals surface area contributed by atoms with Crippen LogP contribution in [0.25, 0.3) is 16.6 Å². The molecule has 5 rings (SSSR count). The minimum absolute atomic E-state index is 0.00768. The number of aliphatic carboxylic acids is 1. The number of benzene rings is 2. The van der Waals surface area contributed by atoms with Crippen LogP contribution in [0.3, 0.4) is 0 Å². The molecule has 0 atom stereocenters. The number of H-pyrrole nitrogens is 1. The van der Waals surface area contributed by atoms with Crippen LogP contribution in [-0.4, -0.2) is 76.9 Å². The zero-order valence-corrected chi connectivity index (χ0v) is 19.3. The molecule has 2 aromatic carbocycles. The monoisotopic (exact) mass is 502 g/mol. The van der Waals surface area contributed by atoms with Crippen LogP contribution < -0.4 is 10.5 Å². The van der Waals surface area contributed by atoms with E-state index in [1.807, 2.05) is 4.90 Å². The summed E-state index contributed by atoms with van der Waals surface area (Å²) in [6.45, 7) is 2.39. The molecule has 1 aliphatic rings. The Morgan fingerprint density at radius 1 is 1.09 bits per heavy atom. The van der Waals surface area contributed by atoms with E-state index in [4.69, 9.17) is 16.7 Å². The second-order valence-corrected chi connectivity index (χ2v) is 10.2. The number of carboxylic acids is 1. The molecule has 0 radical (unpaired) electrons. The van der Waals surface area contributed by atoms with Crippen LogP contribution in [-0.2, 0) is 14.6 Å². The van der Waals surface area contributed by atoms with Crippen molar-refractivity contribution in [3.63, 3.8) is 0 Å². The summed E-state index contributed by atoms with van der Waals surface area (Å²) in [5.74, 6) is -0.864. The number of sulfone groups is 1. The van der Waals surface area contributed by atoms with Gasteiger partial charge in [-0.1, -0.05) is 11.6 Å². The smallest absolute Gasteiger partial charge is 0.317 e. The first kappa shape index (κ1) is 22.3. The summed E-state index contributed by atoms with van der Waals surface area (Å²) in [4.78, 5) is 31.6. The number of nitrogens with zero attached hydrogens (tertiary/aromatic N) is 5. The number of fused-ring (bicyclic) bond motifs is 3. The summed E-state index contributed by atoms with van der Waals surface area (Å²) in [6, 6.07) is 10.9. The lowest BCUT2D eigenvalue weighted by Gasteiger charge is -2.35. The highest BCUT2D eigenvalue weighted by Gasteiger charge is 2.27. The van der Waals surface area contributed by atoms with Gasteiger partial charge in [0.15, 0.2) is 5.65 Å². The summed E-state index contributed by atoms with van der Waals surface area (Å²) in [5, 5.41) is 16.0. The van der Waals surface area contributed by atoms with Crippen LogP contribution in [0.1, 0.15) is 0 Å². The summed E-state index contributed by atoms with van der Waals surface area (Å²) in [7, 11) is -4.06. The Balaban J connectivity index is 1.56. The van der Waals surface area contributed by atoms with Crippen molar-refractivity contribution in [2.45, 2.75) is 9.92 Å². The predicted molar refractivity (Wildman–Crippen MR) is 124 cm³/mol. The molecular formula is C21H19ClN6O5S. The van der Waals surface area contributed by atoms with E-state index in [2.05, 4.69) is 20.2 Å². The fourth-order valence-electron chi connectivity index (χ4n) is 4.05. The van der Waals surface area contributed by atoms with Crippen molar-refractivity contribution < 1.29 is 18.3 Å². The normalized spacial score (nSPS) is 15.3. The first-order valence-electron chi connectivity index (χ1n) is 10.3. The van der Waals surface area contributed by atoms with E-state index in [0.29, 0.717) is 42.1 Å². The van der Waals surface area contributed by atoms with Gasteiger partial charge >= 0.3 is 5.97 Å². The molecule has 1 fully saturated rings. The minimum atomic E-state index is -4.06. The quantitative estimate of drug-likeness (QED) is 0.412. The van der Waals surface area contributed by atoms with Gasteiger partial charge in [-0.25, -0.2) is 18.1 Å². The lowest BCUT2D eigenvalue weighted by molar-refractivity contribution is -0.138. The summed E-state index contributed by atoms with van der Waals surface area (Å²) < 4.78 is 27.7. The van der Waals surface area contributed by atoms with Crippen LogP contribution in [0.2, 0.25) is 5.02 Å². The molecule has 0 bridgehead atoms. The highest BCUT2D eigenvalue weighted by Crippen LogP contribution is 2.26. The maximum Gasteiger partial charge on any atom is 0.317 e. The maximum absolute atomic E-state index is 13.2. The van der Waals surface area contributed by atoms with Crippen molar-refractivity contribution in [3.8, 4) is 0 Å². The fourth-order valence-corrected chi connectivity index (χ4v) is 5.44. The average Bonchev–Trinajstić information content (AvgIpc) is 3.24. The van der Waals surface area contributed by atoms with Crippen molar-refractivity contribution >= 4 is 49.6 Å². The Morgan fingerprint density at radius 2 is 1.79 bits per heavy atom. The maximum atomic E-state index is 13.2. The van der Waals surface area contributed by atoms with Crippen molar-refractivity contribution in [1.82, 2.24) is 24.7 Å². The molecular weight excluding hydrogens is 484 g/mol. The van der Waals surface area contributed by atoms with Crippen LogP contribution in [0, 0.1) is 0 Å². The van der Waals surface area contributed by atoms with Gasteiger partial charge in [0.2, 0.25) is 14.9 Å². The van der Waals surface area contributed by atoms with Crippen molar-refractivity contribution in [2.24, 2.45) is 0 Å². The second-order valence-electron chi connectivity index (χ2n) is 7.91. The van der Waals surface area contributed by atoms with Gasteiger partial charge in [-0.15, -0.1) is 5.10 Å². The van der Waals surface area contributed by atoms with Crippen LogP contribution in [0.4, 0.5) is 5.69 Å². The molecule has 13 heteroatoms. The summed E-state index contributed by atoms with van der Waals surface area (Å²) in [6.07, 6.45) is 0. The SMILES string of the molecule is O=C(O)CN1CCN(c2ccc3c(=O)nc4c(S(=O)(=O)c5ccc(Cl)cc5)n[nH]n4c3c2)CC1.